The van der Waals surface area contributed by atoms with Gasteiger partial charge in [-0.05, 0) is 41.3 Å². The molecule has 0 amide bonds. The molecule has 2 rings (SSSR count). The zero-order valence-electron chi connectivity index (χ0n) is 11.2. The summed E-state index contributed by atoms with van der Waals surface area (Å²) in [4.78, 5) is -0.132. The Kier molecular flexibility index (Phi) is 6.66. The number of benzene rings is 2. The van der Waals surface area contributed by atoms with Crippen LogP contribution in [0.2, 0.25) is 0 Å². The third kappa shape index (κ3) is 4.36. The minimum Gasteiger partial charge on any atom is -0.744 e. The molecule has 0 aliphatic rings. The van der Waals surface area contributed by atoms with Crippen LogP contribution in [0.1, 0.15) is 25.3 Å². The van der Waals surface area contributed by atoms with Crippen LogP contribution in [0.15, 0.2) is 41.3 Å². The van der Waals surface area contributed by atoms with E-state index in [4.69, 9.17) is 0 Å². The Morgan fingerprint density at radius 1 is 1.16 bits per heavy atom. The average Bonchev–Trinajstić information content (AvgIpc) is 2.34. The molecular weight excluding hydrogens is 287 g/mol. The first-order chi connectivity index (χ1) is 8.52. The molecule has 0 unspecified atom stereocenters. The van der Waals surface area contributed by atoms with E-state index in [2.05, 4.69) is 6.92 Å². The van der Waals surface area contributed by atoms with Crippen LogP contribution in [0.25, 0.3) is 10.8 Å². The molecule has 0 N–H and O–H groups in total. The van der Waals surface area contributed by atoms with Crippen LogP contribution in [0.4, 0.5) is 0 Å². The zero-order valence-corrected chi connectivity index (χ0v) is 15.2. The van der Waals surface area contributed by atoms with Crippen molar-refractivity contribution in [3.63, 3.8) is 0 Å². The van der Waals surface area contributed by atoms with Crippen LogP contribution in [0, 0.1) is 0 Å². The Morgan fingerprint density at radius 2 is 1.84 bits per heavy atom. The molecule has 0 heterocycles. The van der Waals surface area contributed by atoms with Gasteiger partial charge in [0.2, 0.25) is 0 Å². The van der Waals surface area contributed by atoms with Gasteiger partial charge in [-0.2, -0.15) is 0 Å². The molecule has 0 spiro atoms. The molecule has 96 valence electrons. The van der Waals surface area contributed by atoms with Crippen molar-refractivity contribution in [1.29, 1.82) is 0 Å². The maximum absolute atomic E-state index is 11.1. The molecule has 0 aliphatic carbocycles. The number of fused-ring (bicyclic) bond motifs is 1. The molecule has 0 aliphatic heterocycles. The predicted molar refractivity (Wildman–Crippen MR) is 70.5 cm³/mol. The predicted octanol–water partition coefficient (Wildman–Crippen LogP) is 0.0905. The van der Waals surface area contributed by atoms with Crippen molar-refractivity contribution in [2.45, 2.75) is 31.1 Å². The quantitative estimate of drug-likeness (QED) is 0.594. The van der Waals surface area contributed by atoms with Crippen molar-refractivity contribution in [1.82, 2.24) is 0 Å². The van der Waals surface area contributed by atoms with Gasteiger partial charge in [-0.3, -0.25) is 0 Å². The van der Waals surface area contributed by atoms with E-state index in [1.54, 1.807) is 0 Å². The summed E-state index contributed by atoms with van der Waals surface area (Å²) in [5.41, 5.74) is 0.935. The third-order valence-electron chi connectivity index (χ3n) is 3.01. The van der Waals surface area contributed by atoms with Crippen molar-refractivity contribution in [2.75, 3.05) is 0 Å². The summed E-state index contributed by atoms with van der Waals surface area (Å²) < 4.78 is 33.4. The number of hydrogen-bond donors (Lipinski definition) is 0. The number of hydrogen-bond acceptors (Lipinski definition) is 3. The number of aryl methyl sites for hydroxylation is 1. The van der Waals surface area contributed by atoms with E-state index in [-0.39, 0.29) is 56.3 Å². The van der Waals surface area contributed by atoms with Crippen LogP contribution >= 0.6 is 0 Å². The average molecular weight is 302 g/mol. The largest absolute Gasteiger partial charge is 1.00 e. The Morgan fingerprint density at radius 3 is 2.47 bits per heavy atom. The molecule has 0 saturated carbocycles. The zero-order chi connectivity index (χ0) is 13.2. The molecule has 0 aromatic heterocycles. The second kappa shape index (κ2) is 7.31. The summed E-state index contributed by atoms with van der Waals surface area (Å²) >= 11 is 0. The summed E-state index contributed by atoms with van der Waals surface area (Å²) in [5.74, 6) is 0. The Bertz CT molecular complexity index is 665. The topological polar surface area (TPSA) is 57.2 Å². The van der Waals surface area contributed by atoms with Gasteiger partial charge in [-0.1, -0.05) is 37.6 Å². The molecule has 2 aromatic carbocycles. The standard InChI is InChI=1S/C14H16O3S.K/c1-2-3-6-11-9-13(18(15,16)17)10-12-7-4-5-8-14(11)12;/h4-5,7-10H,2-3,6H2,1H3,(H,15,16,17);/q;+1/p-1. The normalized spacial score (nSPS) is 11.3. The van der Waals surface area contributed by atoms with Crippen molar-refractivity contribution in [2.24, 2.45) is 0 Å². The summed E-state index contributed by atoms with van der Waals surface area (Å²) in [6.07, 6.45) is 2.80. The second-order valence-corrected chi connectivity index (χ2v) is 5.74. The van der Waals surface area contributed by atoms with Crippen LogP contribution in [0.5, 0.6) is 0 Å². The SMILES string of the molecule is CCCCc1cc(S(=O)(=O)[O-])cc2ccccc12.[K+]. The van der Waals surface area contributed by atoms with E-state index < -0.39 is 10.1 Å². The molecule has 2 aromatic rings. The minimum absolute atomic E-state index is 0. The third-order valence-corrected chi connectivity index (χ3v) is 3.82. The molecule has 0 atom stereocenters. The minimum atomic E-state index is -4.39. The van der Waals surface area contributed by atoms with E-state index in [1.165, 1.54) is 12.1 Å². The summed E-state index contributed by atoms with van der Waals surface area (Å²) in [5, 5.41) is 1.83. The van der Waals surface area contributed by atoms with Gasteiger partial charge < -0.3 is 4.55 Å². The van der Waals surface area contributed by atoms with E-state index in [1.807, 2.05) is 24.3 Å². The Labute approximate surface area is 156 Å². The first kappa shape index (κ1) is 17.3. The Balaban J connectivity index is 0.00000180. The van der Waals surface area contributed by atoms with Crippen LogP contribution in [-0.4, -0.2) is 13.0 Å². The first-order valence-electron chi connectivity index (χ1n) is 6.00. The fourth-order valence-corrected chi connectivity index (χ4v) is 2.64. The van der Waals surface area contributed by atoms with Gasteiger partial charge in [0.15, 0.2) is 0 Å². The van der Waals surface area contributed by atoms with Crippen molar-refractivity contribution in [3.8, 4) is 0 Å². The summed E-state index contributed by atoms with van der Waals surface area (Å²) in [6, 6.07) is 10.5. The Hall–Kier alpha value is 0.246. The maximum Gasteiger partial charge on any atom is 1.00 e. The molecule has 0 fully saturated rings. The fraction of sp³-hybridized carbons (Fsp3) is 0.286. The van der Waals surface area contributed by atoms with E-state index in [9.17, 15) is 13.0 Å². The molecule has 3 nitrogen and oxygen atoms in total. The summed E-state index contributed by atoms with van der Waals surface area (Å²) in [6.45, 7) is 2.08. The van der Waals surface area contributed by atoms with Crippen LogP contribution < -0.4 is 51.4 Å². The van der Waals surface area contributed by atoms with Crippen molar-refractivity contribution in [3.05, 3.63) is 42.0 Å². The molecule has 5 heteroatoms. The van der Waals surface area contributed by atoms with Gasteiger partial charge >= 0.3 is 51.4 Å². The van der Waals surface area contributed by atoms with Gasteiger partial charge in [0.05, 0.1) is 4.90 Å². The van der Waals surface area contributed by atoms with Crippen LogP contribution in [0.3, 0.4) is 0 Å². The van der Waals surface area contributed by atoms with Gasteiger partial charge in [-0.25, -0.2) is 8.42 Å². The molecule has 19 heavy (non-hydrogen) atoms. The van der Waals surface area contributed by atoms with Gasteiger partial charge in [-0.15, -0.1) is 0 Å². The van der Waals surface area contributed by atoms with Gasteiger partial charge in [0.25, 0.3) is 0 Å². The van der Waals surface area contributed by atoms with E-state index in [0.29, 0.717) is 0 Å². The summed E-state index contributed by atoms with van der Waals surface area (Å²) in [7, 11) is -4.39. The number of unbranched alkanes of at least 4 members (excludes halogenated alkanes) is 1. The molecule has 0 saturated heterocycles. The molecule has 0 bridgehead atoms. The monoisotopic (exact) mass is 302 g/mol. The number of rotatable bonds is 4. The van der Waals surface area contributed by atoms with Gasteiger partial charge in [0, 0.05) is 0 Å². The first-order valence-corrected chi connectivity index (χ1v) is 7.41. The van der Waals surface area contributed by atoms with Crippen molar-refractivity contribution < 1.29 is 64.4 Å². The van der Waals surface area contributed by atoms with Crippen LogP contribution in [-0.2, 0) is 16.5 Å². The van der Waals surface area contributed by atoms with E-state index >= 15 is 0 Å². The maximum atomic E-state index is 11.1. The molecular formula is C14H15KO3S. The fourth-order valence-electron chi connectivity index (χ4n) is 2.08. The molecule has 0 radical (unpaired) electrons. The second-order valence-electron chi connectivity index (χ2n) is 4.36. The van der Waals surface area contributed by atoms with Gasteiger partial charge in [0.1, 0.15) is 10.1 Å². The van der Waals surface area contributed by atoms with Crippen molar-refractivity contribution >= 4 is 20.9 Å². The smallest absolute Gasteiger partial charge is 0.744 e. The van der Waals surface area contributed by atoms with E-state index in [0.717, 1.165) is 35.6 Å².